The van der Waals surface area contributed by atoms with Crippen LogP contribution in [-0.4, -0.2) is 26.4 Å². The highest BCUT2D eigenvalue weighted by molar-refractivity contribution is 9.10. The monoisotopic (exact) mass is 361 g/mol. The molecule has 3 nitrogen and oxygen atoms in total. The van der Waals surface area contributed by atoms with Crippen LogP contribution in [0.25, 0.3) is 0 Å². The number of fused-ring (bicyclic) bond motifs is 1. The molecule has 1 aliphatic rings. The number of ether oxygens (including phenoxy) is 2. The molecule has 1 unspecified atom stereocenters. The maximum Gasteiger partial charge on any atom is 0.120 e. The lowest BCUT2D eigenvalue weighted by Crippen LogP contribution is -2.29. The summed E-state index contributed by atoms with van der Waals surface area (Å²) in [5.41, 5.74) is 3.66. The molecule has 0 amide bonds. The van der Waals surface area contributed by atoms with E-state index in [0.29, 0.717) is 6.61 Å². The van der Waals surface area contributed by atoms with Gasteiger partial charge in [0.25, 0.3) is 0 Å². The quantitative estimate of drug-likeness (QED) is 0.782. The Morgan fingerprint density at radius 1 is 1.23 bits per heavy atom. The Balaban J connectivity index is 2.05. The number of halogens is 1. The molecule has 0 aromatic heterocycles. The Kier molecular flexibility index (Phi) is 4.69. The zero-order chi connectivity index (χ0) is 15.5. The van der Waals surface area contributed by atoms with Crippen molar-refractivity contribution in [2.75, 3.05) is 25.2 Å². The largest absolute Gasteiger partial charge is 0.497 e. The molecule has 116 valence electrons. The van der Waals surface area contributed by atoms with Gasteiger partial charge in [-0.15, -0.1) is 0 Å². The van der Waals surface area contributed by atoms with Gasteiger partial charge in [0.1, 0.15) is 5.75 Å². The van der Waals surface area contributed by atoms with E-state index in [1.54, 1.807) is 7.11 Å². The molecule has 22 heavy (non-hydrogen) atoms. The first-order valence-corrected chi connectivity index (χ1v) is 8.28. The minimum absolute atomic E-state index is 0.237. The number of hydrogen-bond donors (Lipinski definition) is 0. The van der Waals surface area contributed by atoms with Crippen molar-refractivity contribution in [1.29, 1.82) is 0 Å². The van der Waals surface area contributed by atoms with Crippen molar-refractivity contribution < 1.29 is 9.47 Å². The fourth-order valence-corrected chi connectivity index (χ4v) is 3.27. The molecule has 0 spiro atoms. The first-order valence-electron chi connectivity index (χ1n) is 7.49. The average Bonchev–Trinajstić information content (AvgIpc) is 2.51. The van der Waals surface area contributed by atoms with E-state index in [0.717, 1.165) is 28.9 Å². The summed E-state index contributed by atoms with van der Waals surface area (Å²) in [6.45, 7) is 3.67. The van der Waals surface area contributed by atoms with Gasteiger partial charge in [-0.3, -0.25) is 0 Å². The van der Waals surface area contributed by atoms with Crippen molar-refractivity contribution in [3.05, 3.63) is 52.5 Å². The summed E-state index contributed by atoms with van der Waals surface area (Å²) in [4.78, 5) is 2.30. The molecule has 1 aliphatic heterocycles. The van der Waals surface area contributed by atoms with Gasteiger partial charge in [-0.1, -0.05) is 22.0 Å². The predicted molar refractivity (Wildman–Crippen MR) is 93.3 cm³/mol. The van der Waals surface area contributed by atoms with Crippen LogP contribution in [0, 0.1) is 0 Å². The lowest BCUT2D eigenvalue weighted by molar-refractivity contribution is 0.0703. The first kappa shape index (κ1) is 15.4. The number of benzene rings is 2. The zero-order valence-electron chi connectivity index (χ0n) is 12.9. The number of hydrogen-bond acceptors (Lipinski definition) is 3. The van der Waals surface area contributed by atoms with Crippen LogP contribution in [0.4, 0.5) is 11.4 Å². The first-order chi connectivity index (χ1) is 10.7. The van der Waals surface area contributed by atoms with Crippen LogP contribution >= 0.6 is 15.9 Å². The van der Waals surface area contributed by atoms with Crippen molar-refractivity contribution in [3.8, 4) is 5.75 Å². The van der Waals surface area contributed by atoms with Gasteiger partial charge in [0, 0.05) is 34.9 Å². The van der Waals surface area contributed by atoms with Crippen molar-refractivity contribution in [2.45, 2.75) is 19.4 Å². The van der Waals surface area contributed by atoms with E-state index in [9.17, 15) is 0 Å². The fraction of sp³-hybridized carbons (Fsp3) is 0.333. The predicted octanol–water partition coefficient (Wildman–Crippen LogP) is 4.56. The van der Waals surface area contributed by atoms with E-state index >= 15 is 0 Å². The number of methoxy groups -OCH3 is 1. The van der Waals surface area contributed by atoms with Gasteiger partial charge in [0.05, 0.1) is 19.8 Å². The number of nitrogens with zero attached hydrogens (tertiary/aromatic N) is 1. The molecule has 2 aromatic carbocycles. The molecule has 1 atom stereocenters. The second kappa shape index (κ2) is 6.71. The maximum atomic E-state index is 5.90. The normalized spacial score (nSPS) is 18.3. The van der Waals surface area contributed by atoms with Crippen molar-refractivity contribution >= 4 is 27.3 Å². The van der Waals surface area contributed by atoms with Crippen LogP contribution in [0.3, 0.4) is 0 Å². The second-order valence-electron chi connectivity index (χ2n) is 5.51. The maximum absolute atomic E-state index is 5.90. The second-order valence-corrected chi connectivity index (χ2v) is 6.43. The van der Waals surface area contributed by atoms with Gasteiger partial charge in [0.2, 0.25) is 0 Å². The molecule has 3 rings (SSSR count). The minimum atomic E-state index is 0.237. The van der Waals surface area contributed by atoms with E-state index in [-0.39, 0.29) is 6.10 Å². The Bertz CT molecular complexity index is 659. The summed E-state index contributed by atoms with van der Waals surface area (Å²) < 4.78 is 12.4. The molecular formula is C18H20BrNO2. The Morgan fingerprint density at radius 3 is 2.91 bits per heavy atom. The van der Waals surface area contributed by atoms with Gasteiger partial charge in [0.15, 0.2) is 0 Å². The third-order valence-electron chi connectivity index (χ3n) is 3.92. The summed E-state index contributed by atoms with van der Waals surface area (Å²) in [7, 11) is 1.70. The van der Waals surface area contributed by atoms with Crippen LogP contribution in [0.15, 0.2) is 46.9 Å². The van der Waals surface area contributed by atoms with Gasteiger partial charge in [-0.05, 0) is 42.8 Å². The molecule has 0 radical (unpaired) electrons. The molecule has 1 heterocycles. The van der Waals surface area contributed by atoms with Gasteiger partial charge in [-0.2, -0.15) is 0 Å². The third-order valence-corrected chi connectivity index (χ3v) is 4.42. The lowest BCUT2D eigenvalue weighted by atomic mass is 10.0. The van der Waals surface area contributed by atoms with Crippen LogP contribution < -0.4 is 9.64 Å². The Labute approximate surface area is 140 Å². The fourth-order valence-electron chi connectivity index (χ4n) is 2.86. The third kappa shape index (κ3) is 3.28. The smallest absolute Gasteiger partial charge is 0.120 e. The summed E-state index contributed by atoms with van der Waals surface area (Å²) >= 11 is 3.58. The minimum Gasteiger partial charge on any atom is -0.497 e. The van der Waals surface area contributed by atoms with Crippen molar-refractivity contribution in [3.63, 3.8) is 0 Å². The van der Waals surface area contributed by atoms with Crippen molar-refractivity contribution in [2.24, 2.45) is 0 Å². The molecule has 0 bridgehead atoms. The molecule has 2 aromatic rings. The van der Waals surface area contributed by atoms with Crippen LogP contribution in [0.5, 0.6) is 5.75 Å². The van der Waals surface area contributed by atoms with Crippen LogP contribution in [0.2, 0.25) is 0 Å². The highest BCUT2D eigenvalue weighted by Crippen LogP contribution is 2.34. The molecule has 0 saturated heterocycles. The number of rotatable bonds is 2. The van der Waals surface area contributed by atoms with Crippen molar-refractivity contribution in [1.82, 2.24) is 0 Å². The average molecular weight is 362 g/mol. The van der Waals surface area contributed by atoms with Gasteiger partial charge < -0.3 is 14.4 Å². The standard InChI is InChI=1S/C18H20BrNO2/c1-13-10-14-11-15(19)6-7-18(14)20(8-9-22-13)16-4-3-5-17(12-16)21-2/h3-7,11-13H,8-10H2,1-2H3. The number of anilines is 2. The molecule has 0 fully saturated rings. The molecule has 4 heteroatoms. The van der Waals surface area contributed by atoms with Gasteiger partial charge in [-0.25, -0.2) is 0 Å². The molecule has 0 N–H and O–H groups in total. The van der Waals surface area contributed by atoms with E-state index in [2.05, 4.69) is 58.1 Å². The van der Waals surface area contributed by atoms with Gasteiger partial charge >= 0.3 is 0 Å². The summed E-state index contributed by atoms with van der Waals surface area (Å²) in [5, 5.41) is 0. The van der Waals surface area contributed by atoms with Crippen LogP contribution in [-0.2, 0) is 11.2 Å². The summed E-state index contributed by atoms with van der Waals surface area (Å²) in [6, 6.07) is 14.6. The summed E-state index contributed by atoms with van der Waals surface area (Å²) in [5.74, 6) is 0.868. The lowest BCUT2D eigenvalue weighted by Gasteiger charge is -2.31. The van der Waals surface area contributed by atoms with E-state index in [1.807, 2.05) is 12.1 Å². The molecule has 0 aliphatic carbocycles. The van der Waals surface area contributed by atoms with E-state index < -0.39 is 0 Å². The highest BCUT2D eigenvalue weighted by Gasteiger charge is 2.19. The van der Waals surface area contributed by atoms with E-state index in [4.69, 9.17) is 9.47 Å². The summed E-state index contributed by atoms with van der Waals surface area (Å²) in [6.07, 6.45) is 1.15. The topological polar surface area (TPSA) is 21.7 Å². The molecular weight excluding hydrogens is 342 g/mol. The SMILES string of the molecule is COc1cccc(N2CCOC(C)Cc3cc(Br)ccc32)c1. The van der Waals surface area contributed by atoms with E-state index in [1.165, 1.54) is 11.3 Å². The highest BCUT2D eigenvalue weighted by atomic mass is 79.9. The Morgan fingerprint density at radius 2 is 2.09 bits per heavy atom. The van der Waals surface area contributed by atoms with Crippen LogP contribution in [0.1, 0.15) is 12.5 Å². The zero-order valence-corrected chi connectivity index (χ0v) is 14.5. The Hall–Kier alpha value is -1.52. The molecule has 0 saturated carbocycles.